The molecule has 0 aromatic heterocycles. The number of ether oxygens (including phenoxy) is 1. The summed E-state index contributed by atoms with van der Waals surface area (Å²) in [7, 11) is 0. The average Bonchev–Trinajstić information content (AvgIpc) is 2.54. The lowest BCUT2D eigenvalue weighted by molar-refractivity contribution is -0.123. The van der Waals surface area contributed by atoms with E-state index in [1.54, 1.807) is 12.1 Å². The Balaban J connectivity index is 1.74. The number of hydrazine groups is 1. The Morgan fingerprint density at radius 3 is 2.50 bits per heavy atom. The molecule has 5 nitrogen and oxygen atoms in total. The van der Waals surface area contributed by atoms with E-state index >= 15 is 0 Å². The van der Waals surface area contributed by atoms with Crippen LogP contribution in [0.3, 0.4) is 0 Å². The van der Waals surface area contributed by atoms with Crippen LogP contribution in [0.15, 0.2) is 42.5 Å². The fourth-order valence-electron chi connectivity index (χ4n) is 1.70. The number of nitrogens with one attached hydrogen (secondary N) is 3. The van der Waals surface area contributed by atoms with Gasteiger partial charge in [0.15, 0.2) is 11.7 Å². The lowest BCUT2D eigenvalue weighted by Gasteiger charge is -2.12. The van der Waals surface area contributed by atoms with E-state index in [4.69, 9.17) is 40.2 Å². The molecule has 126 valence electrons. The molecule has 2 aromatic rings. The Labute approximate surface area is 155 Å². The minimum Gasteiger partial charge on any atom is -0.482 e. The normalized spacial score (nSPS) is 9.96. The molecule has 24 heavy (non-hydrogen) atoms. The van der Waals surface area contributed by atoms with Crippen LogP contribution in [-0.4, -0.2) is 17.6 Å². The third-order valence-corrected chi connectivity index (χ3v) is 3.61. The molecule has 3 N–H and O–H groups in total. The van der Waals surface area contributed by atoms with Crippen molar-refractivity contribution in [2.45, 2.75) is 6.92 Å². The number of benzene rings is 2. The second-order valence-corrected chi connectivity index (χ2v) is 6.11. The third kappa shape index (κ3) is 5.88. The summed E-state index contributed by atoms with van der Waals surface area (Å²) in [5, 5.41) is 4.03. The van der Waals surface area contributed by atoms with Crippen molar-refractivity contribution >= 4 is 52.1 Å². The molecule has 0 aliphatic heterocycles. The Morgan fingerprint density at radius 2 is 1.83 bits per heavy atom. The van der Waals surface area contributed by atoms with Gasteiger partial charge in [-0.15, -0.1) is 0 Å². The number of thiocarbonyl (C=S) groups is 1. The van der Waals surface area contributed by atoms with Gasteiger partial charge in [-0.1, -0.05) is 40.9 Å². The largest absolute Gasteiger partial charge is 0.482 e. The van der Waals surface area contributed by atoms with E-state index in [0.717, 1.165) is 11.3 Å². The van der Waals surface area contributed by atoms with Crippen molar-refractivity contribution in [3.8, 4) is 5.75 Å². The van der Waals surface area contributed by atoms with Crippen LogP contribution in [0, 0.1) is 6.92 Å². The topological polar surface area (TPSA) is 62.4 Å². The Bertz CT molecular complexity index is 739. The summed E-state index contributed by atoms with van der Waals surface area (Å²) < 4.78 is 5.31. The molecular weight excluding hydrogens is 369 g/mol. The van der Waals surface area contributed by atoms with Crippen molar-refractivity contribution < 1.29 is 9.53 Å². The minimum absolute atomic E-state index is 0.221. The first kappa shape index (κ1) is 18.3. The molecule has 0 bridgehead atoms. The summed E-state index contributed by atoms with van der Waals surface area (Å²) in [6, 6.07) is 12.4. The molecule has 0 saturated carbocycles. The first-order valence-corrected chi connectivity index (χ1v) is 8.11. The molecule has 0 unspecified atom stereocenters. The Hall–Kier alpha value is -2.02. The van der Waals surface area contributed by atoms with E-state index in [9.17, 15) is 4.79 Å². The number of aryl methyl sites for hydroxylation is 1. The zero-order valence-electron chi connectivity index (χ0n) is 12.7. The van der Waals surface area contributed by atoms with Crippen LogP contribution < -0.4 is 20.9 Å². The van der Waals surface area contributed by atoms with Crippen LogP contribution in [0.4, 0.5) is 5.69 Å². The number of rotatable bonds is 4. The summed E-state index contributed by atoms with van der Waals surface area (Å²) in [6.45, 7) is 1.77. The predicted octanol–water partition coefficient (Wildman–Crippen LogP) is 3.70. The highest BCUT2D eigenvalue weighted by molar-refractivity contribution is 7.80. The first-order chi connectivity index (χ1) is 11.4. The van der Waals surface area contributed by atoms with E-state index in [-0.39, 0.29) is 11.7 Å². The van der Waals surface area contributed by atoms with Crippen molar-refractivity contribution in [1.29, 1.82) is 0 Å². The van der Waals surface area contributed by atoms with E-state index in [0.29, 0.717) is 15.8 Å². The summed E-state index contributed by atoms with van der Waals surface area (Å²) in [5.74, 6) is -0.0364. The number of anilines is 1. The lowest BCUT2D eigenvalue weighted by Crippen LogP contribution is -2.45. The minimum atomic E-state index is -0.408. The van der Waals surface area contributed by atoms with E-state index < -0.39 is 5.91 Å². The summed E-state index contributed by atoms with van der Waals surface area (Å²) in [4.78, 5) is 11.7. The molecule has 0 atom stereocenters. The fourth-order valence-corrected chi connectivity index (χ4v) is 2.33. The van der Waals surface area contributed by atoms with E-state index in [1.165, 1.54) is 6.07 Å². The molecule has 0 fully saturated rings. The van der Waals surface area contributed by atoms with Gasteiger partial charge in [0.1, 0.15) is 5.75 Å². The molecule has 8 heteroatoms. The summed E-state index contributed by atoms with van der Waals surface area (Å²) in [5.41, 5.74) is 6.98. The third-order valence-electron chi connectivity index (χ3n) is 2.88. The van der Waals surface area contributed by atoms with Gasteiger partial charge in [0.05, 0.1) is 5.02 Å². The van der Waals surface area contributed by atoms with Gasteiger partial charge in [-0.05, 0) is 49.5 Å². The standard InChI is InChI=1S/C16H15Cl2N3O2S/c1-10-2-5-12(6-3-10)19-16(24)21-20-15(22)9-23-14-7-4-11(17)8-13(14)18/h2-8H,9H2,1H3,(H,20,22)(H2,19,21,24). The number of halogens is 2. The van der Waals surface area contributed by atoms with Crippen molar-refractivity contribution in [1.82, 2.24) is 10.9 Å². The number of hydrogen-bond acceptors (Lipinski definition) is 3. The maximum Gasteiger partial charge on any atom is 0.276 e. The average molecular weight is 384 g/mol. The first-order valence-electron chi connectivity index (χ1n) is 6.94. The fraction of sp³-hybridized carbons (Fsp3) is 0.125. The Kier molecular flexibility index (Phi) is 6.66. The van der Waals surface area contributed by atoms with Gasteiger partial charge >= 0.3 is 0 Å². The van der Waals surface area contributed by atoms with Gasteiger partial charge in [0.2, 0.25) is 0 Å². The SMILES string of the molecule is Cc1ccc(NC(=S)NNC(=O)COc2ccc(Cl)cc2Cl)cc1. The number of carbonyl (C=O) groups is 1. The molecular formula is C16H15Cl2N3O2S. The molecule has 0 aliphatic carbocycles. The highest BCUT2D eigenvalue weighted by atomic mass is 35.5. The molecule has 1 amide bonds. The molecule has 0 radical (unpaired) electrons. The van der Waals surface area contributed by atoms with Crippen LogP contribution in [0.2, 0.25) is 10.0 Å². The maximum absolute atomic E-state index is 11.7. The van der Waals surface area contributed by atoms with Crippen LogP contribution in [0.5, 0.6) is 5.75 Å². The van der Waals surface area contributed by atoms with Crippen LogP contribution >= 0.6 is 35.4 Å². The second kappa shape index (κ2) is 8.73. The van der Waals surface area contributed by atoms with Crippen molar-refractivity contribution in [2.24, 2.45) is 0 Å². The highest BCUT2D eigenvalue weighted by Crippen LogP contribution is 2.27. The van der Waals surface area contributed by atoms with Gasteiger partial charge in [0, 0.05) is 10.7 Å². The smallest absolute Gasteiger partial charge is 0.276 e. The van der Waals surface area contributed by atoms with Crippen LogP contribution in [-0.2, 0) is 4.79 Å². The van der Waals surface area contributed by atoms with Gasteiger partial charge in [-0.3, -0.25) is 15.6 Å². The van der Waals surface area contributed by atoms with Gasteiger partial charge in [-0.25, -0.2) is 0 Å². The van der Waals surface area contributed by atoms with Gasteiger partial charge in [-0.2, -0.15) is 0 Å². The number of carbonyl (C=O) groups excluding carboxylic acids is 1. The molecule has 2 rings (SSSR count). The van der Waals surface area contributed by atoms with Crippen molar-refractivity contribution in [3.05, 3.63) is 58.1 Å². The summed E-state index contributed by atoms with van der Waals surface area (Å²) in [6.07, 6.45) is 0. The van der Waals surface area contributed by atoms with Gasteiger partial charge < -0.3 is 10.1 Å². The number of hydrogen-bond donors (Lipinski definition) is 3. The molecule has 2 aromatic carbocycles. The number of amides is 1. The molecule has 0 spiro atoms. The zero-order chi connectivity index (χ0) is 17.5. The van der Waals surface area contributed by atoms with Gasteiger partial charge in [0.25, 0.3) is 5.91 Å². The van der Waals surface area contributed by atoms with Crippen molar-refractivity contribution in [3.63, 3.8) is 0 Å². The monoisotopic (exact) mass is 383 g/mol. The quantitative estimate of drug-likeness (QED) is 0.554. The zero-order valence-corrected chi connectivity index (χ0v) is 15.1. The Morgan fingerprint density at radius 1 is 1.12 bits per heavy atom. The van der Waals surface area contributed by atoms with E-state index in [2.05, 4.69) is 16.2 Å². The second-order valence-electron chi connectivity index (χ2n) is 4.86. The lowest BCUT2D eigenvalue weighted by atomic mass is 10.2. The van der Waals surface area contributed by atoms with E-state index in [1.807, 2.05) is 31.2 Å². The molecule has 0 aliphatic rings. The predicted molar refractivity (Wildman–Crippen MR) is 101 cm³/mol. The summed E-state index contributed by atoms with van der Waals surface area (Å²) >= 11 is 16.8. The molecule has 0 heterocycles. The van der Waals surface area contributed by atoms with Crippen molar-refractivity contribution in [2.75, 3.05) is 11.9 Å². The molecule has 0 saturated heterocycles. The van der Waals surface area contributed by atoms with Crippen LogP contribution in [0.1, 0.15) is 5.56 Å². The highest BCUT2D eigenvalue weighted by Gasteiger charge is 2.07. The maximum atomic E-state index is 11.7. The van der Waals surface area contributed by atoms with Crippen LogP contribution in [0.25, 0.3) is 0 Å².